The lowest BCUT2D eigenvalue weighted by Gasteiger charge is -2.15. The van der Waals surface area contributed by atoms with E-state index in [0.29, 0.717) is 10.0 Å². The van der Waals surface area contributed by atoms with Crippen LogP contribution in [0.15, 0.2) is 34.8 Å². The first-order valence-electron chi connectivity index (χ1n) is 5.50. The molecule has 2 aromatic rings. The van der Waals surface area contributed by atoms with Gasteiger partial charge in [-0.2, -0.15) is 0 Å². The Bertz CT molecular complexity index is 628. The topological polar surface area (TPSA) is 20.2 Å². The molecule has 2 rings (SSSR count). The number of hydrogen-bond donors (Lipinski definition) is 1. The van der Waals surface area contributed by atoms with Crippen LogP contribution in [0.4, 0.5) is 13.2 Å². The van der Waals surface area contributed by atoms with E-state index in [1.807, 2.05) is 13.0 Å². The maximum atomic E-state index is 13.6. The second-order valence-electron chi connectivity index (χ2n) is 4.15. The van der Waals surface area contributed by atoms with E-state index in [-0.39, 0.29) is 5.56 Å². The van der Waals surface area contributed by atoms with Gasteiger partial charge in [0.25, 0.3) is 0 Å². The third-order valence-corrected chi connectivity index (χ3v) is 3.96. The normalized spacial score (nSPS) is 12.5. The van der Waals surface area contributed by atoms with E-state index in [1.54, 1.807) is 12.1 Å². The first-order valence-corrected chi connectivity index (χ1v) is 6.29. The zero-order chi connectivity index (χ0) is 14.2. The van der Waals surface area contributed by atoms with Crippen LogP contribution in [-0.2, 0) is 0 Å². The molecular weight excluding hydrogens is 321 g/mol. The van der Waals surface area contributed by atoms with E-state index in [9.17, 15) is 18.3 Å². The SMILES string of the molecule is Cc1cccc(C(O)c2ccc(F)c(F)c2F)c1Br. The van der Waals surface area contributed by atoms with Crippen molar-refractivity contribution in [1.29, 1.82) is 0 Å². The van der Waals surface area contributed by atoms with Gasteiger partial charge in [0, 0.05) is 10.0 Å². The third kappa shape index (κ3) is 2.53. The van der Waals surface area contributed by atoms with Crippen molar-refractivity contribution >= 4 is 15.9 Å². The summed E-state index contributed by atoms with van der Waals surface area (Å²) < 4.78 is 40.3. The average Bonchev–Trinajstić information content (AvgIpc) is 2.39. The lowest BCUT2D eigenvalue weighted by atomic mass is 9.99. The number of aliphatic hydroxyl groups is 1. The van der Waals surface area contributed by atoms with Gasteiger partial charge in [-0.15, -0.1) is 0 Å². The molecule has 0 saturated carbocycles. The summed E-state index contributed by atoms with van der Waals surface area (Å²) in [5, 5.41) is 10.1. The maximum Gasteiger partial charge on any atom is 0.194 e. The molecule has 100 valence electrons. The van der Waals surface area contributed by atoms with E-state index >= 15 is 0 Å². The molecule has 5 heteroatoms. The number of aryl methyl sites for hydroxylation is 1. The Kier molecular flexibility index (Phi) is 3.96. The Morgan fingerprint density at radius 3 is 2.37 bits per heavy atom. The van der Waals surface area contributed by atoms with Crippen molar-refractivity contribution in [3.8, 4) is 0 Å². The first-order chi connectivity index (χ1) is 8.93. The molecule has 0 radical (unpaired) electrons. The van der Waals surface area contributed by atoms with Gasteiger partial charge >= 0.3 is 0 Å². The van der Waals surface area contributed by atoms with E-state index < -0.39 is 23.6 Å². The molecule has 1 unspecified atom stereocenters. The lowest BCUT2D eigenvalue weighted by Crippen LogP contribution is -2.06. The lowest BCUT2D eigenvalue weighted by molar-refractivity contribution is 0.212. The number of rotatable bonds is 2. The van der Waals surface area contributed by atoms with Crippen molar-refractivity contribution in [3.63, 3.8) is 0 Å². The van der Waals surface area contributed by atoms with Gasteiger partial charge in [-0.25, -0.2) is 13.2 Å². The first kappa shape index (κ1) is 14.1. The largest absolute Gasteiger partial charge is 0.384 e. The fourth-order valence-corrected chi connectivity index (χ4v) is 2.28. The molecule has 0 aromatic heterocycles. The predicted molar refractivity (Wildman–Crippen MR) is 69.3 cm³/mol. The third-order valence-electron chi connectivity index (χ3n) is 2.88. The molecule has 0 aliphatic rings. The summed E-state index contributed by atoms with van der Waals surface area (Å²) in [7, 11) is 0. The summed E-state index contributed by atoms with van der Waals surface area (Å²) in [5.41, 5.74) is 0.939. The molecule has 0 aliphatic carbocycles. The molecule has 0 heterocycles. The molecule has 0 amide bonds. The summed E-state index contributed by atoms with van der Waals surface area (Å²) in [6.45, 7) is 1.81. The van der Waals surface area contributed by atoms with Gasteiger partial charge in [-0.1, -0.05) is 40.2 Å². The van der Waals surface area contributed by atoms with Crippen LogP contribution in [0, 0.1) is 24.4 Å². The standard InChI is InChI=1S/C14H10BrF3O/c1-7-3-2-4-8(11(7)15)14(19)9-5-6-10(16)13(18)12(9)17/h2-6,14,19H,1H3. The summed E-state index contributed by atoms with van der Waals surface area (Å²) in [6.07, 6.45) is -1.37. The molecule has 1 nitrogen and oxygen atoms in total. The van der Waals surface area contributed by atoms with Crippen LogP contribution in [0.5, 0.6) is 0 Å². The Morgan fingerprint density at radius 1 is 1.00 bits per heavy atom. The molecule has 0 saturated heterocycles. The maximum absolute atomic E-state index is 13.6. The van der Waals surface area contributed by atoms with Crippen LogP contribution in [-0.4, -0.2) is 5.11 Å². The Hall–Kier alpha value is -1.33. The highest BCUT2D eigenvalue weighted by atomic mass is 79.9. The Labute approximate surface area is 116 Å². The fraction of sp³-hybridized carbons (Fsp3) is 0.143. The minimum atomic E-state index is -1.58. The van der Waals surface area contributed by atoms with Gasteiger partial charge in [0.1, 0.15) is 6.10 Å². The van der Waals surface area contributed by atoms with Crippen molar-refractivity contribution in [3.05, 3.63) is 68.9 Å². The summed E-state index contributed by atoms with van der Waals surface area (Å²) in [5.74, 6) is -4.24. The Balaban J connectivity index is 2.53. The number of halogens is 4. The summed E-state index contributed by atoms with van der Waals surface area (Å²) in [4.78, 5) is 0. The van der Waals surface area contributed by atoms with Gasteiger partial charge in [-0.05, 0) is 24.1 Å². The minimum Gasteiger partial charge on any atom is -0.384 e. The molecule has 0 spiro atoms. The van der Waals surface area contributed by atoms with Crippen molar-refractivity contribution in [1.82, 2.24) is 0 Å². The van der Waals surface area contributed by atoms with Crippen LogP contribution >= 0.6 is 15.9 Å². The van der Waals surface area contributed by atoms with Crippen molar-refractivity contribution in [2.24, 2.45) is 0 Å². The molecule has 2 aromatic carbocycles. The predicted octanol–water partition coefficient (Wildman–Crippen LogP) is 4.26. The molecule has 19 heavy (non-hydrogen) atoms. The molecule has 0 aliphatic heterocycles. The van der Waals surface area contributed by atoms with Crippen LogP contribution in [0.1, 0.15) is 22.8 Å². The van der Waals surface area contributed by atoms with Crippen molar-refractivity contribution < 1.29 is 18.3 Å². The molecular formula is C14H10BrF3O. The van der Waals surface area contributed by atoms with Crippen LogP contribution in [0.2, 0.25) is 0 Å². The van der Waals surface area contributed by atoms with E-state index in [4.69, 9.17) is 0 Å². The number of benzene rings is 2. The molecule has 1 N–H and O–H groups in total. The molecule has 0 fully saturated rings. The smallest absolute Gasteiger partial charge is 0.194 e. The summed E-state index contributed by atoms with van der Waals surface area (Å²) >= 11 is 3.29. The quantitative estimate of drug-likeness (QED) is 0.816. The van der Waals surface area contributed by atoms with Gasteiger partial charge in [0.05, 0.1) is 0 Å². The zero-order valence-electron chi connectivity index (χ0n) is 9.92. The number of aliphatic hydroxyl groups excluding tert-OH is 1. The van der Waals surface area contributed by atoms with Crippen LogP contribution < -0.4 is 0 Å². The van der Waals surface area contributed by atoms with Crippen molar-refractivity contribution in [2.75, 3.05) is 0 Å². The number of hydrogen-bond acceptors (Lipinski definition) is 1. The van der Waals surface area contributed by atoms with Gasteiger partial charge in [0.15, 0.2) is 17.5 Å². The highest BCUT2D eigenvalue weighted by molar-refractivity contribution is 9.10. The fourth-order valence-electron chi connectivity index (χ4n) is 1.80. The second-order valence-corrected chi connectivity index (χ2v) is 4.94. The summed E-state index contributed by atoms with van der Waals surface area (Å²) in [6, 6.07) is 6.91. The van der Waals surface area contributed by atoms with E-state index in [0.717, 1.165) is 17.7 Å². The van der Waals surface area contributed by atoms with Gasteiger partial charge < -0.3 is 5.11 Å². The minimum absolute atomic E-state index is 0.301. The van der Waals surface area contributed by atoms with Crippen LogP contribution in [0.3, 0.4) is 0 Å². The van der Waals surface area contributed by atoms with Crippen molar-refractivity contribution in [2.45, 2.75) is 13.0 Å². The van der Waals surface area contributed by atoms with E-state index in [1.165, 1.54) is 0 Å². The molecule has 1 atom stereocenters. The van der Waals surface area contributed by atoms with E-state index in [2.05, 4.69) is 15.9 Å². The highest BCUT2D eigenvalue weighted by Gasteiger charge is 2.22. The van der Waals surface area contributed by atoms with Gasteiger partial charge in [0.2, 0.25) is 0 Å². The second kappa shape index (κ2) is 5.35. The zero-order valence-corrected chi connectivity index (χ0v) is 11.5. The van der Waals surface area contributed by atoms with Crippen LogP contribution in [0.25, 0.3) is 0 Å². The monoisotopic (exact) mass is 330 g/mol. The Morgan fingerprint density at radius 2 is 1.68 bits per heavy atom. The highest BCUT2D eigenvalue weighted by Crippen LogP contribution is 2.32. The van der Waals surface area contributed by atoms with Gasteiger partial charge in [-0.3, -0.25) is 0 Å². The average molecular weight is 331 g/mol. The molecule has 0 bridgehead atoms.